The van der Waals surface area contributed by atoms with Crippen LogP contribution in [-0.2, 0) is 14.4 Å². The van der Waals surface area contributed by atoms with Crippen LogP contribution in [0.5, 0.6) is 0 Å². The van der Waals surface area contributed by atoms with Crippen LogP contribution in [0.1, 0.15) is 12.7 Å². The normalized spacial score (nSPS) is 16.4. The van der Waals surface area contributed by atoms with E-state index in [-0.39, 0.29) is 12.4 Å². The van der Waals surface area contributed by atoms with Crippen LogP contribution in [0.4, 0.5) is 4.79 Å². The molecular weight excluding hydrogens is 286 g/mol. The smallest absolute Gasteiger partial charge is 0.447 e. The van der Waals surface area contributed by atoms with Gasteiger partial charge < -0.3 is 9.15 Å². The lowest BCUT2D eigenvalue weighted by atomic mass is 10.2. The lowest BCUT2D eigenvalue weighted by Gasteiger charge is -2.06. The standard InChI is InChI=1S/C16H13NO5/c1-2-20-17-15(18)14(22-16(17)19)10-12-8-9-13(21-12)11-6-4-3-5-7-11/h3-10H,2H2,1H3/b14-10-. The molecule has 0 aliphatic carbocycles. The molecule has 0 radical (unpaired) electrons. The highest BCUT2D eigenvalue weighted by molar-refractivity contribution is 6.08. The van der Waals surface area contributed by atoms with Crippen LogP contribution >= 0.6 is 0 Å². The van der Waals surface area contributed by atoms with Crippen molar-refractivity contribution in [3.8, 4) is 11.3 Å². The van der Waals surface area contributed by atoms with Gasteiger partial charge >= 0.3 is 12.0 Å². The third-order valence-corrected chi connectivity index (χ3v) is 2.97. The Morgan fingerprint density at radius 2 is 1.91 bits per heavy atom. The van der Waals surface area contributed by atoms with Gasteiger partial charge in [-0.2, -0.15) is 0 Å². The topological polar surface area (TPSA) is 69.0 Å². The van der Waals surface area contributed by atoms with Crippen molar-refractivity contribution in [3.63, 3.8) is 0 Å². The van der Waals surface area contributed by atoms with Crippen molar-refractivity contribution >= 4 is 18.1 Å². The molecule has 0 spiro atoms. The quantitative estimate of drug-likeness (QED) is 0.811. The first-order chi connectivity index (χ1) is 10.7. The Balaban J connectivity index is 1.83. The molecule has 1 fully saturated rings. The molecule has 112 valence electrons. The first-order valence-corrected chi connectivity index (χ1v) is 6.75. The van der Waals surface area contributed by atoms with E-state index in [0.717, 1.165) is 5.56 Å². The average molecular weight is 299 g/mol. The number of furan rings is 1. The largest absolute Gasteiger partial charge is 0.457 e. The van der Waals surface area contributed by atoms with Gasteiger partial charge in [0, 0.05) is 11.6 Å². The number of nitrogens with zero attached hydrogens (tertiary/aromatic N) is 1. The molecule has 6 nitrogen and oxygen atoms in total. The highest BCUT2D eigenvalue weighted by Gasteiger charge is 2.38. The average Bonchev–Trinajstić information content (AvgIpc) is 3.09. The molecule has 3 rings (SSSR count). The fourth-order valence-electron chi connectivity index (χ4n) is 2.01. The van der Waals surface area contributed by atoms with Crippen molar-refractivity contribution in [2.75, 3.05) is 6.61 Å². The predicted octanol–water partition coefficient (Wildman–Crippen LogP) is 3.22. The zero-order valence-corrected chi connectivity index (χ0v) is 11.8. The second-order valence-electron chi connectivity index (χ2n) is 4.46. The number of amides is 2. The number of imide groups is 1. The van der Waals surface area contributed by atoms with E-state index in [4.69, 9.17) is 14.0 Å². The third kappa shape index (κ3) is 2.64. The van der Waals surface area contributed by atoms with Gasteiger partial charge in [-0.3, -0.25) is 9.63 Å². The zero-order valence-electron chi connectivity index (χ0n) is 11.8. The molecule has 2 aromatic rings. The van der Waals surface area contributed by atoms with Gasteiger partial charge in [0.15, 0.2) is 0 Å². The molecule has 1 aromatic heterocycles. The first-order valence-electron chi connectivity index (χ1n) is 6.75. The predicted molar refractivity (Wildman–Crippen MR) is 77.1 cm³/mol. The fourth-order valence-corrected chi connectivity index (χ4v) is 2.01. The van der Waals surface area contributed by atoms with Crippen LogP contribution in [-0.4, -0.2) is 23.7 Å². The molecule has 0 saturated carbocycles. The third-order valence-electron chi connectivity index (χ3n) is 2.97. The minimum atomic E-state index is -0.854. The number of carbonyl (C=O) groups is 2. The van der Waals surface area contributed by atoms with Crippen molar-refractivity contribution in [1.82, 2.24) is 5.06 Å². The molecule has 1 aliphatic heterocycles. The second kappa shape index (κ2) is 5.87. The summed E-state index contributed by atoms with van der Waals surface area (Å²) in [5.41, 5.74) is 0.915. The number of hydrogen-bond acceptors (Lipinski definition) is 5. The second-order valence-corrected chi connectivity index (χ2v) is 4.46. The lowest BCUT2D eigenvalue weighted by Crippen LogP contribution is -2.28. The molecule has 1 aromatic carbocycles. The number of carbonyl (C=O) groups excluding carboxylic acids is 2. The van der Waals surface area contributed by atoms with Crippen LogP contribution in [0, 0.1) is 0 Å². The van der Waals surface area contributed by atoms with Gasteiger partial charge in [0.2, 0.25) is 5.76 Å². The summed E-state index contributed by atoms with van der Waals surface area (Å²) < 4.78 is 10.5. The Morgan fingerprint density at radius 3 is 2.64 bits per heavy atom. The molecule has 2 amide bonds. The summed E-state index contributed by atoms with van der Waals surface area (Å²) in [6.45, 7) is 1.86. The molecule has 1 saturated heterocycles. The maximum atomic E-state index is 11.9. The van der Waals surface area contributed by atoms with E-state index in [0.29, 0.717) is 16.6 Å². The van der Waals surface area contributed by atoms with Crippen LogP contribution in [0.2, 0.25) is 0 Å². The van der Waals surface area contributed by atoms with Crippen molar-refractivity contribution in [3.05, 3.63) is 54.0 Å². The van der Waals surface area contributed by atoms with Crippen LogP contribution in [0.15, 0.2) is 52.6 Å². The van der Waals surface area contributed by atoms with Gasteiger partial charge in [0.05, 0.1) is 6.61 Å². The molecule has 0 unspecified atom stereocenters. The molecule has 0 bridgehead atoms. The monoisotopic (exact) mass is 299 g/mol. The highest BCUT2D eigenvalue weighted by atomic mass is 16.8. The number of cyclic esters (lactones) is 1. The van der Waals surface area contributed by atoms with E-state index in [1.807, 2.05) is 30.3 Å². The number of ether oxygens (including phenoxy) is 1. The Bertz CT molecular complexity index is 732. The molecule has 0 atom stereocenters. The van der Waals surface area contributed by atoms with E-state index < -0.39 is 12.0 Å². The van der Waals surface area contributed by atoms with Crippen LogP contribution in [0.25, 0.3) is 17.4 Å². The Hall–Kier alpha value is -2.86. The zero-order chi connectivity index (χ0) is 15.5. The van der Waals surface area contributed by atoms with Gasteiger partial charge in [-0.25, -0.2) is 4.79 Å². The van der Waals surface area contributed by atoms with Crippen molar-refractivity contribution in [2.24, 2.45) is 0 Å². The molecule has 6 heteroatoms. The Kier molecular flexibility index (Phi) is 3.76. The summed E-state index contributed by atoms with van der Waals surface area (Å²) in [6.07, 6.45) is 0.513. The molecular formula is C16H13NO5. The SMILES string of the molecule is CCON1C(=O)O/C(=C\c2ccc(-c3ccccc3)o2)C1=O. The maximum absolute atomic E-state index is 11.9. The minimum absolute atomic E-state index is 0.132. The summed E-state index contributed by atoms with van der Waals surface area (Å²) in [5.74, 6) is 0.288. The molecule has 2 heterocycles. The van der Waals surface area contributed by atoms with Gasteiger partial charge in [0.25, 0.3) is 0 Å². The fraction of sp³-hybridized carbons (Fsp3) is 0.125. The van der Waals surface area contributed by atoms with E-state index >= 15 is 0 Å². The van der Waals surface area contributed by atoms with Crippen molar-refractivity contribution < 1.29 is 23.6 Å². The Morgan fingerprint density at radius 1 is 1.14 bits per heavy atom. The summed E-state index contributed by atoms with van der Waals surface area (Å²) in [5, 5.41) is 0.590. The lowest BCUT2D eigenvalue weighted by molar-refractivity contribution is -0.158. The summed E-state index contributed by atoms with van der Waals surface area (Å²) >= 11 is 0. The van der Waals surface area contributed by atoms with Gasteiger partial charge in [-0.15, -0.1) is 5.06 Å². The van der Waals surface area contributed by atoms with E-state index in [1.54, 1.807) is 19.1 Å². The summed E-state index contributed by atoms with van der Waals surface area (Å²) in [7, 11) is 0. The number of hydroxylamine groups is 2. The number of hydrogen-bond donors (Lipinski definition) is 0. The highest BCUT2D eigenvalue weighted by Crippen LogP contribution is 2.25. The van der Waals surface area contributed by atoms with Gasteiger partial charge in [-0.1, -0.05) is 30.3 Å². The maximum Gasteiger partial charge on any atom is 0.447 e. The van der Waals surface area contributed by atoms with Crippen molar-refractivity contribution in [1.29, 1.82) is 0 Å². The summed E-state index contributed by atoms with van der Waals surface area (Å²) in [6, 6.07) is 13.0. The van der Waals surface area contributed by atoms with Crippen LogP contribution in [0.3, 0.4) is 0 Å². The van der Waals surface area contributed by atoms with Crippen molar-refractivity contribution in [2.45, 2.75) is 6.92 Å². The number of benzene rings is 1. The Labute approximate surface area is 126 Å². The first kappa shape index (κ1) is 14.1. The van der Waals surface area contributed by atoms with Crippen LogP contribution < -0.4 is 0 Å². The molecule has 0 N–H and O–H groups in total. The van der Waals surface area contributed by atoms with Gasteiger partial charge in [-0.05, 0) is 19.1 Å². The minimum Gasteiger partial charge on any atom is -0.457 e. The molecule has 1 aliphatic rings. The van der Waals surface area contributed by atoms with E-state index in [2.05, 4.69) is 0 Å². The molecule has 22 heavy (non-hydrogen) atoms. The van der Waals surface area contributed by atoms with Gasteiger partial charge in [0.1, 0.15) is 11.5 Å². The van der Waals surface area contributed by atoms with E-state index in [1.165, 1.54) is 6.08 Å². The van der Waals surface area contributed by atoms with E-state index in [9.17, 15) is 9.59 Å². The summed E-state index contributed by atoms with van der Waals surface area (Å²) in [4.78, 5) is 28.3. The number of rotatable bonds is 4.